The van der Waals surface area contributed by atoms with E-state index < -0.39 is 0 Å². The minimum absolute atomic E-state index is 0.171. The first kappa shape index (κ1) is 15.8. The molecule has 0 spiro atoms. The third-order valence-corrected chi connectivity index (χ3v) is 4.33. The van der Waals surface area contributed by atoms with E-state index in [1.54, 1.807) is 7.11 Å². The maximum absolute atomic E-state index is 6.31. The van der Waals surface area contributed by atoms with Gasteiger partial charge in [-0.05, 0) is 25.0 Å². The number of methoxy groups -OCH3 is 1. The highest BCUT2D eigenvalue weighted by atomic mass is 35.5. The summed E-state index contributed by atoms with van der Waals surface area (Å²) in [5.41, 5.74) is 4.92. The summed E-state index contributed by atoms with van der Waals surface area (Å²) in [6, 6.07) is 7.73. The van der Waals surface area contributed by atoms with Crippen molar-refractivity contribution in [3.63, 3.8) is 0 Å². The van der Waals surface area contributed by atoms with Crippen molar-refractivity contribution in [3.05, 3.63) is 76.5 Å². The van der Waals surface area contributed by atoms with Crippen molar-refractivity contribution in [1.29, 1.82) is 0 Å². The molecule has 0 radical (unpaired) electrons. The van der Waals surface area contributed by atoms with Crippen molar-refractivity contribution < 1.29 is 4.74 Å². The number of ether oxygens (including phenoxy) is 1. The van der Waals surface area contributed by atoms with Crippen molar-refractivity contribution in [2.75, 3.05) is 7.11 Å². The smallest absolute Gasteiger partial charge is 0.123 e. The molecule has 3 nitrogen and oxygen atoms in total. The second-order valence-electron chi connectivity index (χ2n) is 5.43. The molecular formula is C19H19ClN2O. The van der Waals surface area contributed by atoms with E-state index >= 15 is 0 Å². The molecule has 2 aromatic rings. The Morgan fingerprint density at radius 3 is 2.87 bits per heavy atom. The van der Waals surface area contributed by atoms with Crippen LogP contribution >= 0.6 is 11.6 Å². The fourth-order valence-electron chi connectivity index (χ4n) is 2.79. The van der Waals surface area contributed by atoms with Crippen LogP contribution < -0.4 is 0 Å². The van der Waals surface area contributed by atoms with Crippen LogP contribution in [0.3, 0.4) is 0 Å². The highest BCUT2D eigenvalue weighted by Gasteiger charge is 2.22. The third-order valence-electron chi connectivity index (χ3n) is 4.00. The van der Waals surface area contributed by atoms with Gasteiger partial charge in [-0.2, -0.15) is 5.10 Å². The van der Waals surface area contributed by atoms with Crippen LogP contribution in [0.1, 0.15) is 23.8 Å². The molecule has 0 fully saturated rings. The van der Waals surface area contributed by atoms with Crippen LogP contribution in [-0.4, -0.2) is 17.3 Å². The second-order valence-corrected chi connectivity index (χ2v) is 5.84. The zero-order chi connectivity index (χ0) is 16.2. The van der Waals surface area contributed by atoms with Crippen LogP contribution in [-0.2, 0) is 4.74 Å². The summed E-state index contributed by atoms with van der Waals surface area (Å²) in [5.74, 6) is 0. The van der Waals surface area contributed by atoms with Gasteiger partial charge in [0.05, 0.1) is 16.4 Å². The van der Waals surface area contributed by atoms with Crippen molar-refractivity contribution >= 4 is 11.6 Å². The van der Waals surface area contributed by atoms with Gasteiger partial charge in [-0.25, -0.2) is 0 Å². The molecule has 1 atom stereocenters. The van der Waals surface area contributed by atoms with Crippen LogP contribution in [0.25, 0.3) is 11.3 Å². The van der Waals surface area contributed by atoms with E-state index in [4.69, 9.17) is 16.3 Å². The lowest BCUT2D eigenvalue weighted by molar-refractivity contribution is 0.131. The molecule has 0 saturated carbocycles. The van der Waals surface area contributed by atoms with Gasteiger partial charge < -0.3 is 4.74 Å². The van der Waals surface area contributed by atoms with E-state index in [2.05, 4.69) is 28.4 Å². The normalized spacial score (nSPS) is 15.3. The molecule has 1 aliphatic carbocycles. The molecule has 3 rings (SSSR count). The number of H-pyrrole nitrogens is 1. The Labute approximate surface area is 141 Å². The second kappa shape index (κ2) is 6.99. The Morgan fingerprint density at radius 2 is 2.09 bits per heavy atom. The summed E-state index contributed by atoms with van der Waals surface area (Å²) in [6.07, 6.45) is 11.2. The minimum Gasteiger partial charge on any atom is -0.370 e. The van der Waals surface area contributed by atoms with Crippen LogP contribution in [0.4, 0.5) is 0 Å². The quantitative estimate of drug-likeness (QED) is 0.841. The average molecular weight is 327 g/mol. The molecular weight excluding hydrogens is 308 g/mol. The van der Waals surface area contributed by atoms with Crippen LogP contribution in [0.15, 0.2) is 60.2 Å². The summed E-state index contributed by atoms with van der Waals surface area (Å²) in [7, 11) is 1.72. The minimum atomic E-state index is -0.171. The fourth-order valence-corrected chi connectivity index (χ4v) is 3.02. The maximum atomic E-state index is 6.31. The van der Waals surface area contributed by atoms with Gasteiger partial charge in [0.2, 0.25) is 0 Å². The highest BCUT2D eigenvalue weighted by Crippen LogP contribution is 2.35. The number of halogens is 1. The van der Waals surface area contributed by atoms with Crippen molar-refractivity contribution in [1.82, 2.24) is 10.2 Å². The van der Waals surface area contributed by atoms with E-state index in [-0.39, 0.29) is 6.10 Å². The Balaban J connectivity index is 2.01. The highest BCUT2D eigenvalue weighted by molar-refractivity contribution is 6.33. The fraction of sp³-hybridized carbons (Fsp3) is 0.211. The van der Waals surface area contributed by atoms with E-state index in [0.29, 0.717) is 5.02 Å². The molecule has 1 aromatic heterocycles. The molecule has 0 aliphatic heterocycles. The molecule has 1 unspecified atom stereocenters. The summed E-state index contributed by atoms with van der Waals surface area (Å²) >= 11 is 6.31. The van der Waals surface area contributed by atoms with Gasteiger partial charge in [-0.3, -0.25) is 5.10 Å². The lowest BCUT2D eigenvalue weighted by atomic mass is 9.99. The molecule has 1 N–H and O–H groups in total. The topological polar surface area (TPSA) is 37.9 Å². The van der Waals surface area contributed by atoms with Crippen LogP contribution in [0.2, 0.25) is 5.02 Å². The SMILES string of the molecule is COC(C1=CCC=CC=C1)c1[nH]nc(-c2ccccc2Cl)c1C. The maximum Gasteiger partial charge on any atom is 0.123 e. The largest absolute Gasteiger partial charge is 0.370 e. The van der Waals surface area contributed by atoms with Gasteiger partial charge >= 0.3 is 0 Å². The molecule has 0 amide bonds. The van der Waals surface area contributed by atoms with Crippen molar-refractivity contribution in [2.24, 2.45) is 0 Å². The van der Waals surface area contributed by atoms with Crippen LogP contribution in [0, 0.1) is 6.92 Å². The number of aromatic nitrogens is 2. The molecule has 118 valence electrons. The Kier molecular flexibility index (Phi) is 4.79. The number of hydrogen-bond donors (Lipinski definition) is 1. The molecule has 0 saturated heterocycles. The lowest BCUT2D eigenvalue weighted by Gasteiger charge is -2.16. The number of allylic oxidation sites excluding steroid dienone is 4. The van der Waals surface area contributed by atoms with E-state index in [1.165, 1.54) is 0 Å². The Hall–Kier alpha value is -2.10. The number of nitrogens with one attached hydrogen (secondary N) is 1. The van der Waals surface area contributed by atoms with Gasteiger partial charge in [0, 0.05) is 18.2 Å². The number of rotatable bonds is 4. The first-order chi connectivity index (χ1) is 11.2. The number of aromatic amines is 1. The third kappa shape index (κ3) is 3.16. The Morgan fingerprint density at radius 1 is 1.26 bits per heavy atom. The standard InChI is InChI=1S/C19H19ClN2O/c1-13-17(15-11-7-8-12-16(15)20)21-22-18(13)19(23-2)14-9-5-3-4-6-10-14/h3-5,7-12,19H,6H2,1-2H3,(H,21,22). The molecule has 1 aromatic carbocycles. The van der Waals surface area contributed by atoms with Gasteiger partial charge in [0.1, 0.15) is 6.10 Å². The van der Waals surface area contributed by atoms with Gasteiger partial charge in [-0.1, -0.05) is 60.2 Å². The summed E-state index contributed by atoms with van der Waals surface area (Å²) < 4.78 is 5.74. The Bertz CT molecular complexity index is 786. The average Bonchev–Trinajstić information content (AvgIpc) is 2.77. The molecule has 23 heavy (non-hydrogen) atoms. The lowest BCUT2D eigenvalue weighted by Crippen LogP contribution is -2.06. The van der Waals surface area contributed by atoms with E-state index in [0.717, 1.165) is 34.5 Å². The molecule has 1 aliphatic rings. The monoisotopic (exact) mass is 326 g/mol. The molecule has 4 heteroatoms. The first-order valence-corrected chi connectivity index (χ1v) is 7.96. The van der Waals surface area contributed by atoms with Gasteiger partial charge in [0.15, 0.2) is 0 Å². The van der Waals surface area contributed by atoms with Gasteiger partial charge in [-0.15, -0.1) is 0 Å². The van der Waals surface area contributed by atoms with E-state index in [1.807, 2.05) is 43.3 Å². The molecule has 0 bridgehead atoms. The van der Waals surface area contributed by atoms with Crippen LogP contribution in [0.5, 0.6) is 0 Å². The van der Waals surface area contributed by atoms with E-state index in [9.17, 15) is 0 Å². The number of hydrogen-bond acceptors (Lipinski definition) is 2. The predicted molar refractivity (Wildman–Crippen MR) is 94.5 cm³/mol. The summed E-state index contributed by atoms with van der Waals surface area (Å²) in [5, 5.41) is 8.31. The zero-order valence-corrected chi connectivity index (χ0v) is 14.0. The predicted octanol–water partition coefficient (Wildman–Crippen LogP) is 5.17. The summed E-state index contributed by atoms with van der Waals surface area (Å²) in [6.45, 7) is 2.04. The zero-order valence-electron chi connectivity index (χ0n) is 13.2. The summed E-state index contributed by atoms with van der Waals surface area (Å²) in [4.78, 5) is 0. The van der Waals surface area contributed by atoms with Crippen molar-refractivity contribution in [3.8, 4) is 11.3 Å². The first-order valence-electron chi connectivity index (χ1n) is 7.58. The molecule has 1 heterocycles. The number of nitrogens with zero attached hydrogens (tertiary/aromatic N) is 1. The van der Waals surface area contributed by atoms with Gasteiger partial charge in [0.25, 0.3) is 0 Å². The number of benzene rings is 1. The van der Waals surface area contributed by atoms with Crippen molar-refractivity contribution in [2.45, 2.75) is 19.4 Å².